The van der Waals surface area contributed by atoms with E-state index in [1.54, 1.807) is 30.3 Å². The average molecular weight is 481 g/mol. The SMILES string of the molecule is COC(=O)c1ccc(F)c(NCc2ccc(Sc3ccc(Cl)c(Cl)c3)c([N+](=O)[O-])c2)c1. The van der Waals surface area contributed by atoms with Gasteiger partial charge >= 0.3 is 5.97 Å². The number of carbonyl (C=O) groups excluding carboxylic acids is 1. The van der Waals surface area contributed by atoms with Gasteiger partial charge < -0.3 is 10.1 Å². The molecule has 0 spiro atoms. The minimum absolute atomic E-state index is 0.0832. The molecule has 0 saturated heterocycles. The minimum Gasteiger partial charge on any atom is -0.465 e. The van der Waals surface area contributed by atoms with E-state index in [0.717, 1.165) is 6.07 Å². The molecule has 0 unspecified atom stereocenters. The third kappa shape index (κ3) is 5.66. The third-order valence-electron chi connectivity index (χ3n) is 4.21. The van der Waals surface area contributed by atoms with Crippen molar-refractivity contribution in [2.24, 2.45) is 0 Å². The Bertz CT molecular complexity index is 1160. The van der Waals surface area contributed by atoms with Crippen LogP contribution in [0.4, 0.5) is 15.8 Å². The molecule has 0 fully saturated rings. The van der Waals surface area contributed by atoms with Crippen molar-refractivity contribution in [2.75, 3.05) is 12.4 Å². The van der Waals surface area contributed by atoms with E-state index in [9.17, 15) is 19.3 Å². The fraction of sp³-hybridized carbons (Fsp3) is 0.0952. The highest BCUT2D eigenvalue weighted by Crippen LogP contribution is 2.37. The van der Waals surface area contributed by atoms with Gasteiger partial charge in [0.2, 0.25) is 0 Å². The van der Waals surface area contributed by atoms with Crippen LogP contribution in [0.5, 0.6) is 0 Å². The van der Waals surface area contributed by atoms with Crippen LogP contribution in [0.2, 0.25) is 10.0 Å². The highest BCUT2D eigenvalue weighted by molar-refractivity contribution is 7.99. The lowest BCUT2D eigenvalue weighted by Crippen LogP contribution is -2.06. The first-order chi connectivity index (χ1) is 14.8. The number of methoxy groups -OCH3 is 1. The molecule has 3 rings (SSSR count). The maximum absolute atomic E-state index is 14.1. The fourth-order valence-corrected chi connectivity index (χ4v) is 3.98. The first-order valence-electron chi connectivity index (χ1n) is 8.80. The molecule has 1 N–H and O–H groups in total. The Morgan fingerprint density at radius 2 is 1.90 bits per heavy atom. The number of esters is 1. The van der Waals surface area contributed by atoms with Crippen molar-refractivity contribution in [1.82, 2.24) is 0 Å². The molecular formula is C21H15Cl2FN2O4S. The summed E-state index contributed by atoms with van der Waals surface area (Å²) >= 11 is 13.1. The number of nitrogens with zero attached hydrogens (tertiary/aromatic N) is 1. The zero-order valence-corrected chi connectivity index (χ0v) is 18.4. The van der Waals surface area contributed by atoms with Crippen molar-refractivity contribution >= 4 is 52.3 Å². The van der Waals surface area contributed by atoms with E-state index in [-0.39, 0.29) is 23.5 Å². The average Bonchev–Trinajstić information content (AvgIpc) is 2.75. The van der Waals surface area contributed by atoms with Gasteiger partial charge in [-0.3, -0.25) is 10.1 Å². The number of nitro groups is 1. The molecule has 0 radical (unpaired) electrons. The van der Waals surface area contributed by atoms with Crippen LogP contribution in [-0.2, 0) is 11.3 Å². The second-order valence-electron chi connectivity index (χ2n) is 6.28. The van der Waals surface area contributed by atoms with E-state index in [1.807, 2.05) is 0 Å². The molecule has 0 atom stereocenters. The molecule has 0 aromatic heterocycles. The number of anilines is 1. The summed E-state index contributed by atoms with van der Waals surface area (Å²) in [5.41, 5.74) is 0.734. The van der Waals surface area contributed by atoms with Crippen LogP contribution in [0, 0.1) is 15.9 Å². The maximum atomic E-state index is 14.1. The highest BCUT2D eigenvalue weighted by atomic mass is 35.5. The van der Waals surface area contributed by atoms with Crippen LogP contribution in [0.3, 0.4) is 0 Å². The molecule has 0 aliphatic rings. The Labute approximate surface area is 191 Å². The largest absolute Gasteiger partial charge is 0.465 e. The molecule has 0 aliphatic heterocycles. The second kappa shape index (κ2) is 10.00. The summed E-state index contributed by atoms with van der Waals surface area (Å²) in [7, 11) is 1.23. The van der Waals surface area contributed by atoms with Gasteiger partial charge in [0.15, 0.2) is 0 Å². The van der Waals surface area contributed by atoms with Crippen molar-refractivity contribution in [3.05, 3.63) is 91.7 Å². The molecule has 6 nitrogen and oxygen atoms in total. The summed E-state index contributed by atoms with van der Waals surface area (Å²) in [4.78, 5) is 23.8. The zero-order valence-electron chi connectivity index (χ0n) is 16.0. The normalized spacial score (nSPS) is 10.6. The summed E-state index contributed by atoms with van der Waals surface area (Å²) in [6.07, 6.45) is 0. The molecule has 0 amide bonds. The monoisotopic (exact) mass is 480 g/mol. The fourth-order valence-electron chi connectivity index (χ4n) is 2.67. The summed E-state index contributed by atoms with van der Waals surface area (Å²) in [5.74, 6) is -1.16. The van der Waals surface area contributed by atoms with Gasteiger partial charge in [0.1, 0.15) is 5.82 Å². The molecule has 3 aromatic carbocycles. The molecule has 0 aliphatic carbocycles. The quantitative estimate of drug-likeness (QED) is 0.233. The number of nitrogens with one attached hydrogen (secondary N) is 1. The first kappa shape index (κ1) is 22.9. The van der Waals surface area contributed by atoms with E-state index in [0.29, 0.717) is 25.4 Å². The van der Waals surface area contributed by atoms with Crippen LogP contribution in [0.1, 0.15) is 15.9 Å². The Balaban J connectivity index is 1.80. The van der Waals surface area contributed by atoms with Crippen molar-refractivity contribution < 1.29 is 18.8 Å². The van der Waals surface area contributed by atoms with Crippen molar-refractivity contribution in [3.63, 3.8) is 0 Å². The van der Waals surface area contributed by atoms with Gasteiger partial charge in [-0.1, -0.05) is 41.0 Å². The van der Waals surface area contributed by atoms with E-state index < -0.39 is 16.7 Å². The molecule has 0 saturated carbocycles. The number of ether oxygens (including phenoxy) is 1. The molecule has 31 heavy (non-hydrogen) atoms. The number of rotatable bonds is 7. The molecule has 0 bridgehead atoms. The Morgan fingerprint density at radius 3 is 2.58 bits per heavy atom. The van der Waals surface area contributed by atoms with Gasteiger partial charge in [-0.15, -0.1) is 0 Å². The van der Waals surface area contributed by atoms with Crippen LogP contribution >= 0.6 is 35.0 Å². The van der Waals surface area contributed by atoms with Crippen molar-refractivity contribution in [2.45, 2.75) is 16.3 Å². The van der Waals surface area contributed by atoms with Gasteiger partial charge in [-0.05, 0) is 48.0 Å². The van der Waals surface area contributed by atoms with E-state index in [4.69, 9.17) is 23.2 Å². The van der Waals surface area contributed by atoms with Crippen molar-refractivity contribution in [3.8, 4) is 0 Å². The lowest BCUT2D eigenvalue weighted by Gasteiger charge is -2.10. The summed E-state index contributed by atoms with van der Waals surface area (Å²) < 4.78 is 18.7. The lowest BCUT2D eigenvalue weighted by atomic mass is 10.1. The van der Waals surface area contributed by atoms with Gasteiger partial charge in [0.25, 0.3) is 5.69 Å². The number of carbonyl (C=O) groups is 1. The van der Waals surface area contributed by atoms with Gasteiger partial charge in [0, 0.05) is 17.5 Å². The predicted octanol–water partition coefficient (Wildman–Crippen LogP) is 6.59. The molecular weight excluding hydrogens is 466 g/mol. The predicted molar refractivity (Wildman–Crippen MR) is 119 cm³/mol. The Kier molecular flexibility index (Phi) is 7.37. The van der Waals surface area contributed by atoms with Gasteiger partial charge in [-0.2, -0.15) is 0 Å². The first-order valence-corrected chi connectivity index (χ1v) is 10.4. The molecule has 160 valence electrons. The van der Waals surface area contributed by atoms with E-state index in [1.165, 1.54) is 37.1 Å². The van der Waals surface area contributed by atoms with Gasteiger partial charge in [-0.25, -0.2) is 9.18 Å². The Morgan fingerprint density at radius 1 is 1.13 bits per heavy atom. The second-order valence-corrected chi connectivity index (χ2v) is 8.21. The van der Waals surface area contributed by atoms with Crippen molar-refractivity contribution in [1.29, 1.82) is 0 Å². The number of hydrogen-bond donors (Lipinski definition) is 1. The summed E-state index contributed by atoms with van der Waals surface area (Å²) in [6, 6.07) is 13.5. The molecule has 0 heterocycles. The van der Waals surface area contributed by atoms with Crippen LogP contribution in [0.25, 0.3) is 0 Å². The van der Waals surface area contributed by atoms with E-state index in [2.05, 4.69) is 10.1 Å². The topological polar surface area (TPSA) is 81.5 Å². The number of halogens is 3. The summed E-state index contributed by atoms with van der Waals surface area (Å²) in [5, 5.41) is 15.2. The van der Waals surface area contributed by atoms with E-state index >= 15 is 0 Å². The van der Waals surface area contributed by atoms with Crippen LogP contribution in [-0.4, -0.2) is 18.0 Å². The lowest BCUT2D eigenvalue weighted by molar-refractivity contribution is -0.387. The summed E-state index contributed by atoms with van der Waals surface area (Å²) in [6.45, 7) is 0.111. The van der Waals surface area contributed by atoms with Gasteiger partial charge in [0.05, 0.1) is 38.2 Å². The number of benzene rings is 3. The Hall–Kier alpha value is -2.81. The molecule has 10 heteroatoms. The van der Waals surface area contributed by atoms with Crippen LogP contribution in [0.15, 0.2) is 64.4 Å². The number of nitro benzene ring substituents is 1. The minimum atomic E-state index is -0.595. The number of hydrogen-bond acceptors (Lipinski definition) is 6. The highest BCUT2D eigenvalue weighted by Gasteiger charge is 2.17. The maximum Gasteiger partial charge on any atom is 0.337 e. The third-order valence-corrected chi connectivity index (χ3v) is 6.00. The smallest absolute Gasteiger partial charge is 0.337 e. The zero-order chi connectivity index (χ0) is 22.5. The standard InChI is InChI=1S/C21H15Cl2FN2O4S/c1-30-21(27)13-3-6-17(24)18(9-13)25-11-12-2-7-20(19(8-12)26(28)29)31-14-4-5-15(22)16(23)10-14/h2-10,25H,11H2,1H3. The van der Waals surface area contributed by atoms with Crippen LogP contribution < -0.4 is 5.32 Å². The molecule has 3 aromatic rings.